The Labute approximate surface area is 142 Å². The second kappa shape index (κ2) is 6.17. The number of morpholine rings is 1. The molecule has 0 saturated carbocycles. The van der Waals surface area contributed by atoms with Crippen molar-refractivity contribution in [2.75, 3.05) is 19.8 Å². The molecule has 2 heterocycles. The summed E-state index contributed by atoms with van der Waals surface area (Å²) in [4.78, 5) is 48.4. The van der Waals surface area contributed by atoms with Gasteiger partial charge in [0.15, 0.2) is 6.04 Å². The van der Waals surface area contributed by atoms with Crippen molar-refractivity contribution in [1.82, 2.24) is 15.5 Å². The summed E-state index contributed by atoms with van der Waals surface area (Å²) in [5.41, 5.74) is -0.393. The van der Waals surface area contributed by atoms with E-state index in [1.165, 1.54) is 17.0 Å². The third-order valence-corrected chi connectivity index (χ3v) is 4.43. The maximum atomic E-state index is 12.6. The lowest BCUT2D eigenvalue weighted by Gasteiger charge is -2.33. The first-order valence-electron chi connectivity index (χ1n) is 7.68. The first-order chi connectivity index (χ1) is 11.8. The highest BCUT2D eigenvalue weighted by Crippen LogP contribution is 2.25. The zero-order valence-electron chi connectivity index (χ0n) is 13.4. The van der Waals surface area contributed by atoms with Crippen LogP contribution in [-0.4, -0.2) is 59.6 Å². The molecule has 2 saturated heterocycles. The molecular formula is C16H17N3O6. The van der Waals surface area contributed by atoms with Crippen LogP contribution in [0.5, 0.6) is 0 Å². The van der Waals surface area contributed by atoms with Gasteiger partial charge in [-0.05, 0) is 24.6 Å². The predicted molar refractivity (Wildman–Crippen MR) is 83.7 cm³/mol. The molecular weight excluding hydrogens is 330 g/mol. The summed E-state index contributed by atoms with van der Waals surface area (Å²) in [6.07, 6.45) is 0. The standard InChI is InChI=1S/C16H17N3O6/c1-16(14(23)17-15(24)18-16)10-4-2-9(3-5-10)12(20)19-6-7-25-8-11(19)13(21)22/h2-5,11H,6-8H2,1H3,(H,21,22)(H2,17,18,23,24). The summed E-state index contributed by atoms with van der Waals surface area (Å²) in [7, 11) is 0. The minimum atomic E-state index is -1.21. The van der Waals surface area contributed by atoms with E-state index in [-0.39, 0.29) is 19.8 Å². The van der Waals surface area contributed by atoms with Gasteiger partial charge in [-0.3, -0.25) is 14.9 Å². The summed E-state index contributed by atoms with van der Waals surface area (Å²) < 4.78 is 5.12. The molecule has 3 rings (SSSR count). The molecule has 1 aromatic rings. The van der Waals surface area contributed by atoms with Crippen LogP contribution >= 0.6 is 0 Å². The highest BCUT2D eigenvalue weighted by molar-refractivity contribution is 6.07. The minimum absolute atomic E-state index is 0.0522. The van der Waals surface area contributed by atoms with Gasteiger partial charge in [0.25, 0.3) is 11.8 Å². The van der Waals surface area contributed by atoms with Gasteiger partial charge in [-0.1, -0.05) is 12.1 Å². The van der Waals surface area contributed by atoms with Gasteiger partial charge in [0.05, 0.1) is 13.2 Å². The van der Waals surface area contributed by atoms with Crippen LogP contribution in [0.4, 0.5) is 4.79 Å². The van der Waals surface area contributed by atoms with Crippen molar-refractivity contribution in [2.24, 2.45) is 0 Å². The third kappa shape index (κ3) is 2.93. The monoisotopic (exact) mass is 347 g/mol. The smallest absolute Gasteiger partial charge is 0.328 e. The number of nitrogens with one attached hydrogen (secondary N) is 2. The largest absolute Gasteiger partial charge is 0.480 e. The first kappa shape index (κ1) is 16.9. The first-order valence-corrected chi connectivity index (χ1v) is 7.68. The fourth-order valence-electron chi connectivity index (χ4n) is 2.91. The van der Waals surface area contributed by atoms with E-state index in [1.807, 2.05) is 0 Å². The van der Waals surface area contributed by atoms with E-state index in [4.69, 9.17) is 4.74 Å². The Hall–Kier alpha value is -2.94. The molecule has 4 amide bonds. The molecule has 2 aliphatic rings. The number of carboxylic acid groups (broad SMARTS) is 1. The van der Waals surface area contributed by atoms with Crippen molar-refractivity contribution < 1.29 is 29.0 Å². The molecule has 1 aromatic carbocycles. The maximum absolute atomic E-state index is 12.6. The Morgan fingerprint density at radius 2 is 1.96 bits per heavy atom. The van der Waals surface area contributed by atoms with Crippen LogP contribution in [0.1, 0.15) is 22.8 Å². The number of carbonyl (C=O) groups excluding carboxylic acids is 3. The van der Waals surface area contributed by atoms with Crippen molar-refractivity contribution >= 4 is 23.8 Å². The Bertz CT molecular complexity index is 747. The fourth-order valence-corrected chi connectivity index (χ4v) is 2.91. The molecule has 9 heteroatoms. The third-order valence-electron chi connectivity index (χ3n) is 4.43. The highest BCUT2D eigenvalue weighted by atomic mass is 16.5. The van der Waals surface area contributed by atoms with E-state index in [9.17, 15) is 24.3 Å². The van der Waals surface area contributed by atoms with E-state index >= 15 is 0 Å². The van der Waals surface area contributed by atoms with Gasteiger partial charge in [-0.15, -0.1) is 0 Å². The van der Waals surface area contributed by atoms with Crippen LogP contribution < -0.4 is 10.6 Å². The molecule has 2 fully saturated rings. The van der Waals surface area contributed by atoms with Crippen LogP contribution in [0.3, 0.4) is 0 Å². The average molecular weight is 347 g/mol. The Morgan fingerprint density at radius 3 is 2.52 bits per heavy atom. The van der Waals surface area contributed by atoms with Gasteiger partial charge in [0.2, 0.25) is 0 Å². The second-order valence-corrected chi connectivity index (χ2v) is 6.04. The van der Waals surface area contributed by atoms with Gasteiger partial charge < -0.3 is 20.1 Å². The number of carbonyl (C=O) groups is 4. The van der Waals surface area contributed by atoms with Crippen LogP contribution in [-0.2, 0) is 19.9 Å². The number of urea groups is 1. The van der Waals surface area contributed by atoms with Crippen LogP contribution in [0.25, 0.3) is 0 Å². The average Bonchev–Trinajstić information content (AvgIpc) is 2.87. The zero-order chi connectivity index (χ0) is 18.2. The van der Waals surface area contributed by atoms with Crippen molar-refractivity contribution in [3.8, 4) is 0 Å². The van der Waals surface area contributed by atoms with Crippen LogP contribution in [0.2, 0.25) is 0 Å². The van der Waals surface area contributed by atoms with E-state index in [0.717, 1.165) is 0 Å². The Morgan fingerprint density at radius 1 is 1.28 bits per heavy atom. The lowest BCUT2D eigenvalue weighted by Crippen LogP contribution is -2.52. The van der Waals surface area contributed by atoms with Crippen molar-refractivity contribution in [3.63, 3.8) is 0 Å². The molecule has 2 aliphatic heterocycles. The van der Waals surface area contributed by atoms with Gasteiger partial charge in [0.1, 0.15) is 5.54 Å². The normalized spacial score (nSPS) is 26.1. The summed E-state index contributed by atoms with van der Waals surface area (Å²) in [5.74, 6) is -2.02. The van der Waals surface area contributed by atoms with E-state index in [2.05, 4.69) is 10.6 Å². The number of amides is 4. The van der Waals surface area contributed by atoms with Crippen LogP contribution in [0.15, 0.2) is 24.3 Å². The Kier molecular flexibility index (Phi) is 4.17. The van der Waals surface area contributed by atoms with Gasteiger partial charge in [-0.25, -0.2) is 9.59 Å². The number of benzene rings is 1. The molecule has 0 radical (unpaired) electrons. The van der Waals surface area contributed by atoms with Crippen molar-refractivity contribution in [3.05, 3.63) is 35.4 Å². The van der Waals surface area contributed by atoms with E-state index in [1.54, 1.807) is 19.1 Å². The molecule has 9 nitrogen and oxygen atoms in total. The summed E-state index contributed by atoms with van der Waals surface area (Å²) in [6, 6.07) is 4.54. The molecule has 2 unspecified atom stereocenters. The fraction of sp³-hybridized carbons (Fsp3) is 0.375. The Balaban J connectivity index is 1.82. The number of rotatable bonds is 3. The predicted octanol–water partition coefficient (Wildman–Crippen LogP) is -0.333. The number of carboxylic acids is 1. The molecule has 0 bridgehead atoms. The van der Waals surface area contributed by atoms with Crippen molar-refractivity contribution in [1.29, 1.82) is 0 Å². The highest BCUT2D eigenvalue weighted by Gasteiger charge is 2.43. The van der Waals surface area contributed by atoms with Gasteiger partial charge in [-0.2, -0.15) is 0 Å². The lowest BCUT2D eigenvalue weighted by atomic mass is 9.91. The SMILES string of the molecule is CC1(c2ccc(C(=O)N3CCOCC3C(=O)O)cc2)NC(=O)NC1=O. The molecule has 2 atom stereocenters. The molecule has 132 valence electrons. The molecule has 0 aromatic heterocycles. The summed E-state index contributed by atoms with van der Waals surface area (Å²) in [6.45, 7) is 1.97. The van der Waals surface area contributed by atoms with Crippen LogP contribution in [0, 0.1) is 0 Å². The second-order valence-electron chi connectivity index (χ2n) is 6.04. The quantitative estimate of drug-likeness (QED) is 0.643. The van der Waals surface area contributed by atoms with Gasteiger partial charge in [0, 0.05) is 12.1 Å². The number of nitrogens with zero attached hydrogens (tertiary/aromatic N) is 1. The number of imide groups is 1. The minimum Gasteiger partial charge on any atom is -0.480 e. The number of hydrogen-bond acceptors (Lipinski definition) is 5. The molecule has 0 aliphatic carbocycles. The summed E-state index contributed by atoms with van der Waals surface area (Å²) >= 11 is 0. The lowest BCUT2D eigenvalue weighted by molar-refractivity contribution is -0.147. The molecule has 25 heavy (non-hydrogen) atoms. The number of hydrogen-bond donors (Lipinski definition) is 3. The van der Waals surface area contributed by atoms with Crippen molar-refractivity contribution in [2.45, 2.75) is 18.5 Å². The molecule has 0 spiro atoms. The van der Waals surface area contributed by atoms with Gasteiger partial charge >= 0.3 is 12.0 Å². The van der Waals surface area contributed by atoms with E-state index in [0.29, 0.717) is 11.1 Å². The number of ether oxygens (including phenoxy) is 1. The topological polar surface area (TPSA) is 125 Å². The molecule has 3 N–H and O–H groups in total. The summed E-state index contributed by atoms with van der Waals surface area (Å²) in [5, 5.41) is 13.9. The van der Waals surface area contributed by atoms with E-state index < -0.39 is 35.4 Å². The maximum Gasteiger partial charge on any atom is 0.328 e. The zero-order valence-corrected chi connectivity index (χ0v) is 13.4. The number of aliphatic carboxylic acids is 1.